The number of imide groups is 1. The van der Waals surface area contributed by atoms with Crippen molar-refractivity contribution in [2.24, 2.45) is 0 Å². The van der Waals surface area contributed by atoms with E-state index >= 15 is 0 Å². The maximum Gasteiger partial charge on any atom is 0.349 e. The molecule has 0 bridgehead atoms. The molecular weight excluding hydrogens is 374 g/mol. The van der Waals surface area contributed by atoms with Gasteiger partial charge >= 0.3 is 12.0 Å². The monoisotopic (exact) mass is 399 g/mol. The number of nitrogens with one attached hydrogen (secondary N) is 2. The van der Waals surface area contributed by atoms with Crippen LogP contribution in [0.2, 0.25) is 0 Å². The maximum absolute atomic E-state index is 12.2. The highest BCUT2D eigenvalue weighted by atomic mass is 16.5. The molecular formula is C21H25N3O5. The van der Waals surface area contributed by atoms with E-state index in [0.717, 1.165) is 32.1 Å². The summed E-state index contributed by atoms with van der Waals surface area (Å²) in [5.41, 5.74) is 0.298. The van der Waals surface area contributed by atoms with E-state index in [1.54, 1.807) is 30.3 Å². The lowest BCUT2D eigenvalue weighted by Crippen LogP contribution is -2.48. The van der Waals surface area contributed by atoms with Gasteiger partial charge in [0.1, 0.15) is 17.4 Å². The molecule has 1 saturated carbocycles. The summed E-state index contributed by atoms with van der Waals surface area (Å²) >= 11 is 0. The fourth-order valence-electron chi connectivity index (χ4n) is 2.99. The fraction of sp³-hybridized carbons (Fsp3) is 0.429. The first-order valence-corrected chi connectivity index (χ1v) is 9.51. The van der Waals surface area contributed by atoms with E-state index in [0.29, 0.717) is 11.3 Å². The zero-order valence-corrected chi connectivity index (χ0v) is 16.6. The smallest absolute Gasteiger partial charge is 0.349 e. The van der Waals surface area contributed by atoms with Crippen molar-refractivity contribution in [3.8, 4) is 11.8 Å². The van der Waals surface area contributed by atoms with Crippen LogP contribution >= 0.6 is 0 Å². The van der Waals surface area contributed by atoms with Crippen LogP contribution in [0, 0.1) is 11.3 Å². The molecule has 1 aliphatic rings. The molecule has 1 atom stereocenters. The Morgan fingerprint density at radius 3 is 2.62 bits per heavy atom. The summed E-state index contributed by atoms with van der Waals surface area (Å²) in [6.45, 7) is 1.33. The van der Waals surface area contributed by atoms with E-state index < -0.39 is 24.0 Å². The van der Waals surface area contributed by atoms with Crippen molar-refractivity contribution >= 4 is 24.0 Å². The van der Waals surface area contributed by atoms with E-state index in [1.165, 1.54) is 20.1 Å². The van der Waals surface area contributed by atoms with Gasteiger partial charge in [-0.15, -0.1) is 0 Å². The third-order valence-electron chi connectivity index (χ3n) is 4.58. The van der Waals surface area contributed by atoms with Gasteiger partial charge in [-0.2, -0.15) is 5.26 Å². The number of hydrogen-bond acceptors (Lipinski definition) is 6. The summed E-state index contributed by atoms with van der Waals surface area (Å²) in [5.74, 6) is -1.14. The molecule has 8 heteroatoms. The summed E-state index contributed by atoms with van der Waals surface area (Å²) in [6.07, 6.45) is 5.11. The van der Waals surface area contributed by atoms with Crippen LogP contribution in [0.4, 0.5) is 4.79 Å². The number of rotatable bonds is 6. The van der Waals surface area contributed by atoms with Crippen LogP contribution in [0.25, 0.3) is 6.08 Å². The van der Waals surface area contributed by atoms with Crippen LogP contribution in [-0.4, -0.2) is 37.2 Å². The van der Waals surface area contributed by atoms with Crippen molar-refractivity contribution in [2.45, 2.75) is 51.2 Å². The van der Waals surface area contributed by atoms with Gasteiger partial charge in [-0.05, 0) is 43.5 Å². The molecule has 0 unspecified atom stereocenters. The van der Waals surface area contributed by atoms with Crippen LogP contribution in [0.1, 0.15) is 44.6 Å². The lowest BCUT2D eigenvalue weighted by Gasteiger charge is -2.23. The number of amides is 3. The Hall–Kier alpha value is -3.34. The molecule has 2 N–H and O–H groups in total. The zero-order chi connectivity index (χ0) is 21.2. The van der Waals surface area contributed by atoms with Crippen LogP contribution in [-0.2, 0) is 14.3 Å². The van der Waals surface area contributed by atoms with E-state index in [4.69, 9.17) is 9.47 Å². The quantitative estimate of drug-likeness (QED) is 0.431. The van der Waals surface area contributed by atoms with Gasteiger partial charge in [-0.1, -0.05) is 31.4 Å². The third-order valence-corrected chi connectivity index (χ3v) is 4.58. The summed E-state index contributed by atoms with van der Waals surface area (Å²) in [6, 6.07) is 7.98. The molecule has 0 aliphatic heterocycles. The molecule has 0 spiro atoms. The van der Waals surface area contributed by atoms with Crippen LogP contribution in [0.15, 0.2) is 29.8 Å². The molecule has 0 radical (unpaired) electrons. The molecule has 0 aromatic heterocycles. The molecule has 1 fully saturated rings. The number of esters is 1. The molecule has 8 nitrogen and oxygen atoms in total. The van der Waals surface area contributed by atoms with Gasteiger partial charge in [0.25, 0.3) is 5.91 Å². The van der Waals surface area contributed by atoms with E-state index in [9.17, 15) is 19.6 Å². The number of benzene rings is 1. The summed E-state index contributed by atoms with van der Waals surface area (Å²) < 4.78 is 10.1. The number of ether oxygens (including phenoxy) is 2. The minimum atomic E-state index is -1.23. The Morgan fingerprint density at radius 1 is 1.24 bits per heavy atom. The minimum absolute atomic E-state index is 0.0467. The van der Waals surface area contributed by atoms with E-state index in [1.807, 2.05) is 0 Å². The minimum Gasteiger partial charge on any atom is -0.497 e. The van der Waals surface area contributed by atoms with Gasteiger partial charge in [0.2, 0.25) is 0 Å². The first-order chi connectivity index (χ1) is 13.9. The SMILES string of the molecule is COc1cccc(/C=C(\C#N)C(=O)O[C@H](C)C(=O)NC(=O)NC2CCCCC2)c1. The third kappa shape index (κ3) is 6.96. The molecule has 2 rings (SSSR count). The largest absolute Gasteiger partial charge is 0.497 e. The van der Waals surface area contributed by atoms with Crippen molar-refractivity contribution in [1.82, 2.24) is 10.6 Å². The van der Waals surface area contributed by atoms with Crippen LogP contribution in [0.3, 0.4) is 0 Å². The number of carbonyl (C=O) groups is 3. The summed E-state index contributed by atoms with van der Waals surface area (Å²) in [7, 11) is 1.51. The molecule has 0 heterocycles. The number of carbonyl (C=O) groups excluding carboxylic acids is 3. The molecule has 1 aromatic carbocycles. The molecule has 29 heavy (non-hydrogen) atoms. The highest BCUT2D eigenvalue weighted by molar-refractivity contribution is 6.01. The van der Waals surface area contributed by atoms with Gasteiger partial charge in [0.05, 0.1) is 7.11 Å². The lowest BCUT2D eigenvalue weighted by molar-refractivity contribution is -0.150. The second-order valence-electron chi connectivity index (χ2n) is 6.79. The summed E-state index contributed by atoms with van der Waals surface area (Å²) in [4.78, 5) is 36.3. The molecule has 1 aliphatic carbocycles. The molecule has 3 amide bonds. The van der Waals surface area contributed by atoms with E-state index in [-0.39, 0.29) is 11.6 Å². The van der Waals surface area contributed by atoms with Gasteiger partial charge < -0.3 is 14.8 Å². The normalized spacial score (nSPS) is 15.6. The number of nitrogens with zero attached hydrogens (tertiary/aromatic N) is 1. The Bertz CT molecular complexity index is 822. The number of urea groups is 1. The molecule has 1 aromatic rings. The van der Waals surface area contributed by atoms with Crippen molar-refractivity contribution < 1.29 is 23.9 Å². The number of nitriles is 1. The second kappa shape index (κ2) is 10.9. The standard InChI is InChI=1S/C21H25N3O5/c1-14(19(25)24-21(27)23-17-8-4-3-5-9-17)29-20(26)16(13-22)11-15-7-6-10-18(12-15)28-2/h6-7,10-12,14,17H,3-5,8-9H2,1-2H3,(H2,23,24,25,27)/b16-11+/t14-/m1/s1. The van der Waals surface area contributed by atoms with Crippen molar-refractivity contribution in [1.29, 1.82) is 5.26 Å². The first kappa shape index (κ1) is 22.0. The average molecular weight is 399 g/mol. The van der Waals surface area contributed by atoms with Gasteiger partial charge in [-0.3, -0.25) is 10.1 Å². The van der Waals surface area contributed by atoms with Gasteiger partial charge in [0.15, 0.2) is 6.10 Å². The molecule has 0 saturated heterocycles. The average Bonchev–Trinajstić information content (AvgIpc) is 2.72. The predicted molar refractivity (Wildman–Crippen MR) is 106 cm³/mol. The van der Waals surface area contributed by atoms with Crippen LogP contribution < -0.4 is 15.4 Å². The molecule has 154 valence electrons. The number of methoxy groups -OCH3 is 1. The van der Waals surface area contributed by atoms with Gasteiger partial charge in [0, 0.05) is 6.04 Å². The van der Waals surface area contributed by atoms with Gasteiger partial charge in [-0.25, -0.2) is 9.59 Å². The first-order valence-electron chi connectivity index (χ1n) is 9.51. The topological polar surface area (TPSA) is 118 Å². The van der Waals surface area contributed by atoms with Crippen molar-refractivity contribution in [3.05, 3.63) is 35.4 Å². The highest BCUT2D eigenvalue weighted by Gasteiger charge is 2.23. The highest BCUT2D eigenvalue weighted by Crippen LogP contribution is 2.17. The fourth-order valence-corrected chi connectivity index (χ4v) is 2.99. The van der Waals surface area contributed by atoms with Crippen molar-refractivity contribution in [3.63, 3.8) is 0 Å². The predicted octanol–water partition coefficient (Wildman–Crippen LogP) is 2.69. The van der Waals surface area contributed by atoms with E-state index in [2.05, 4.69) is 10.6 Å². The lowest BCUT2D eigenvalue weighted by atomic mass is 9.96. The van der Waals surface area contributed by atoms with Crippen LogP contribution in [0.5, 0.6) is 5.75 Å². The second-order valence-corrected chi connectivity index (χ2v) is 6.79. The Kier molecular flexibility index (Phi) is 8.22. The zero-order valence-electron chi connectivity index (χ0n) is 16.6. The maximum atomic E-state index is 12.2. The Balaban J connectivity index is 1.91. The number of hydrogen-bond donors (Lipinski definition) is 2. The summed E-state index contributed by atoms with van der Waals surface area (Å²) in [5, 5.41) is 14.2. The van der Waals surface area contributed by atoms with Crippen molar-refractivity contribution in [2.75, 3.05) is 7.11 Å². The Morgan fingerprint density at radius 2 is 1.97 bits per heavy atom. The Labute approximate surface area is 169 Å².